The summed E-state index contributed by atoms with van der Waals surface area (Å²) in [7, 11) is 0. The molecule has 8 nitrogen and oxygen atoms in total. The smallest absolute Gasteiger partial charge is 0.387 e. The van der Waals surface area contributed by atoms with E-state index in [0.29, 0.717) is 10.8 Å². The van der Waals surface area contributed by atoms with Crippen molar-refractivity contribution in [2.75, 3.05) is 5.32 Å². The molecule has 4 aromatic rings. The molecule has 0 aliphatic rings. The highest BCUT2D eigenvalue weighted by Crippen LogP contribution is 2.26. The van der Waals surface area contributed by atoms with Crippen molar-refractivity contribution in [3.63, 3.8) is 0 Å². The molecule has 0 aliphatic carbocycles. The maximum atomic E-state index is 12.3. The number of amides is 1. The van der Waals surface area contributed by atoms with Crippen molar-refractivity contribution in [1.82, 2.24) is 19.7 Å². The molecule has 152 valence electrons. The fourth-order valence-corrected chi connectivity index (χ4v) is 4.20. The second-order valence-electron chi connectivity index (χ2n) is 6.42. The molecule has 0 fully saturated rings. The molecule has 3 aromatic heterocycles. The van der Waals surface area contributed by atoms with Crippen LogP contribution in [0.1, 0.15) is 11.4 Å². The van der Waals surface area contributed by atoms with E-state index in [4.69, 9.17) is 4.42 Å². The molecule has 1 aromatic carbocycles. The fourth-order valence-electron chi connectivity index (χ4n) is 2.69. The molecule has 0 unspecified atom stereocenters. The van der Waals surface area contributed by atoms with E-state index >= 15 is 0 Å². The third kappa shape index (κ3) is 4.84. The van der Waals surface area contributed by atoms with E-state index in [-0.39, 0.29) is 18.3 Å². The van der Waals surface area contributed by atoms with Crippen molar-refractivity contribution in [2.24, 2.45) is 0 Å². The third-order valence-corrected chi connectivity index (χ3v) is 5.67. The van der Waals surface area contributed by atoms with Crippen LogP contribution in [-0.2, 0) is 11.3 Å². The van der Waals surface area contributed by atoms with Gasteiger partial charge in [-0.15, -0.1) is 16.4 Å². The summed E-state index contributed by atoms with van der Waals surface area (Å²) in [6, 6.07) is 12.9. The second kappa shape index (κ2) is 8.64. The van der Waals surface area contributed by atoms with E-state index in [9.17, 15) is 9.59 Å². The first-order valence-electron chi connectivity index (χ1n) is 8.98. The summed E-state index contributed by atoms with van der Waals surface area (Å²) in [4.78, 5) is 34.7. The molecular formula is C20H17N5O3S2. The first kappa shape index (κ1) is 20.0. The van der Waals surface area contributed by atoms with E-state index in [1.165, 1.54) is 23.1 Å². The number of anilines is 1. The average molecular weight is 440 g/mol. The number of thiophene rings is 1. The van der Waals surface area contributed by atoms with Gasteiger partial charge >= 0.3 is 5.76 Å². The molecule has 3 heterocycles. The molecule has 4 rings (SSSR count). The molecule has 1 amide bonds. The van der Waals surface area contributed by atoms with Gasteiger partial charge in [0, 0.05) is 22.0 Å². The van der Waals surface area contributed by atoms with Crippen LogP contribution >= 0.6 is 23.1 Å². The molecule has 0 bridgehead atoms. The molecule has 0 spiro atoms. The Morgan fingerprint density at radius 2 is 1.90 bits per heavy atom. The number of rotatable bonds is 6. The molecule has 10 heteroatoms. The molecule has 0 saturated heterocycles. The summed E-state index contributed by atoms with van der Waals surface area (Å²) < 4.78 is 6.12. The van der Waals surface area contributed by atoms with Gasteiger partial charge in [0.1, 0.15) is 6.54 Å². The fraction of sp³-hybridized carbons (Fsp3) is 0.150. The van der Waals surface area contributed by atoms with Crippen LogP contribution in [0.3, 0.4) is 0 Å². The minimum absolute atomic E-state index is 0.206. The van der Waals surface area contributed by atoms with Crippen molar-refractivity contribution in [1.29, 1.82) is 0 Å². The zero-order valence-electron chi connectivity index (χ0n) is 16.2. The van der Waals surface area contributed by atoms with Gasteiger partial charge in [0.25, 0.3) is 5.89 Å². The zero-order chi connectivity index (χ0) is 21.1. The van der Waals surface area contributed by atoms with Gasteiger partial charge in [-0.1, -0.05) is 6.07 Å². The highest BCUT2D eigenvalue weighted by molar-refractivity contribution is 7.99. The number of aromatic nitrogens is 4. The molecule has 0 aliphatic heterocycles. The van der Waals surface area contributed by atoms with Gasteiger partial charge in [-0.3, -0.25) is 4.79 Å². The molecule has 0 radical (unpaired) electrons. The third-order valence-electron chi connectivity index (χ3n) is 3.94. The molecule has 1 N–H and O–H groups in total. The minimum Gasteiger partial charge on any atom is -0.387 e. The molecular weight excluding hydrogens is 422 g/mol. The molecule has 0 atom stereocenters. The lowest BCUT2D eigenvalue weighted by atomic mass is 10.3. The summed E-state index contributed by atoms with van der Waals surface area (Å²) in [5.74, 6) is -0.840. The summed E-state index contributed by atoms with van der Waals surface area (Å²) in [6.45, 7) is 3.63. The van der Waals surface area contributed by atoms with Crippen LogP contribution in [0.4, 0.5) is 5.69 Å². The van der Waals surface area contributed by atoms with Crippen LogP contribution in [0, 0.1) is 13.8 Å². The van der Waals surface area contributed by atoms with Crippen molar-refractivity contribution >= 4 is 34.7 Å². The monoisotopic (exact) mass is 439 g/mol. The van der Waals surface area contributed by atoms with Gasteiger partial charge in [0.05, 0.1) is 4.88 Å². The maximum Gasteiger partial charge on any atom is 0.437 e. The molecule has 30 heavy (non-hydrogen) atoms. The van der Waals surface area contributed by atoms with Crippen LogP contribution < -0.4 is 11.1 Å². The topological polar surface area (TPSA) is 103 Å². The lowest BCUT2D eigenvalue weighted by molar-refractivity contribution is -0.117. The van der Waals surface area contributed by atoms with E-state index in [1.807, 2.05) is 43.5 Å². The number of benzene rings is 1. The number of carbonyl (C=O) groups is 1. The van der Waals surface area contributed by atoms with Gasteiger partial charge in [0.15, 0.2) is 5.16 Å². The first-order valence-corrected chi connectivity index (χ1v) is 10.7. The van der Waals surface area contributed by atoms with Crippen LogP contribution in [0.25, 0.3) is 10.8 Å². The maximum absolute atomic E-state index is 12.3. The zero-order valence-corrected chi connectivity index (χ0v) is 17.8. The van der Waals surface area contributed by atoms with Crippen LogP contribution in [-0.4, -0.2) is 25.7 Å². The summed E-state index contributed by atoms with van der Waals surface area (Å²) in [5.41, 5.74) is 2.44. The number of carbonyl (C=O) groups excluding carboxylic acids is 1. The number of hydrogen-bond donors (Lipinski definition) is 1. The molecule has 0 saturated carbocycles. The Bertz CT molecular complexity index is 1210. The van der Waals surface area contributed by atoms with E-state index < -0.39 is 5.76 Å². The van der Waals surface area contributed by atoms with Gasteiger partial charge in [-0.2, -0.15) is 4.68 Å². The minimum atomic E-state index is -0.672. The van der Waals surface area contributed by atoms with E-state index in [1.54, 1.807) is 18.2 Å². The van der Waals surface area contributed by atoms with E-state index in [0.717, 1.165) is 25.8 Å². The van der Waals surface area contributed by atoms with Gasteiger partial charge in [-0.05, 0) is 67.4 Å². The van der Waals surface area contributed by atoms with Crippen molar-refractivity contribution in [2.45, 2.75) is 30.4 Å². The standard InChI is InChI=1S/C20H17N5O3S2/c1-12-10-13(2)22-19(21-12)30-15-7-5-14(6-8-15)23-17(26)11-25-20(27)28-18(24-25)16-4-3-9-29-16/h3-10H,11H2,1-2H3,(H,23,26). The van der Waals surface area contributed by atoms with Crippen molar-refractivity contribution in [3.8, 4) is 10.8 Å². The second-order valence-corrected chi connectivity index (χ2v) is 8.40. The van der Waals surface area contributed by atoms with E-state index in [2.05, 4.69) is 20.4 Å². The Hall–Kier alpha value is -3.24. The summed E-state index contributed by atoms with van der Waals surface area (Å²) >= 11 is 2.85. The van der Waals surface area contributed by atoms with Gasteiger partial charge in [-0.25, -0.2) is 14.8 Å². The van der Waals surface area contributed by atoms with Crippen LogP contribution in [0.2, 0.25) is 0 Å². The predicted molar refractivity (Wildman–Crippen MR) is 115 cm³/mol. The Kier molecular flexibility index (Phi) is 5.77. The SMILES string of the molecule is Cc1cc(C)nc(Sc2ccc(NC(=O)Cn3nc(-c4cccs4)oc3=O)cc2)n1. The van der Waals surface area contributed by atoms with Crippen LogP contribution in [0.5, 0.6) is 0 Å². The normalized spacial score (nSPS) is 10.9. The van der Waals surface area contributed by atoms with Crippen molar-refractivity contribution < 1.29 is 9.21 Å². The average Bonchev–Trinajstić information content (AvgIpc) is 3.33. The highest BCUT2D eigenvalue weighted by atomic mass is 32.2. The summed E-state index contributed by atoms with van der Waals surface area (Å²) in [6.07, 6.45) is 0. The predicted octanol–water partition coefficient (Wildman–Crippen LogP) is 3.76. The van der Waals surface area contributed by atoms with Crippen molar-refractivity contribution in [3.05, 3.63) is 69.8 Å². The Labute approximate surface area is 180 Å². The highest BCUT2D eigenvalue weighted by Gasteiger charge is 2.14. The first-order chi connectivity index (χ1) is 14.5. The Balaban J connectivity index is 1.39. The Morgan fingerprint density at radius 3 is 2.57 bits per heavy atom. The number of hydrogen-bond acceptors (Lipinski definition) is 8. The summed E-state index contributed by atoms with van der Waals surface area (Å²) in [5, 5.41) is 9.37. The lowest BCUT2D eigenvalue weighted by Crippen LogP contribution is -2.25. The lowest BCUT2D eigenvalue weighted by Gasteiger charge is -2.06. The number of aryl methyl sites for hydroxylation is 2. The number of nitrogens with zero attached hydrogens (tertiary/aromatic N) is 4. The largest absolute Gasteiger partial charge is 0.437 e. The van der Waals surface area contributed by atoms with Gasteiger partial charge < -0.3 is 9.73 Å². The van der Waals surface area contributed by atoms with Gasteiger partial charge in [0.2, 0.25) is 5.91 Å². The van der Waals surface area contributed by atoms with Crippen LogP contribution in [0.15, 0.2) is 67.1 Å². The number of nitrogens with one attached hydrogen (secondary N) is 1. The Morgan fingerprint density at radius 1 is 1.17 bits per heavy atom. The quantitative estimate of drug-likeness (QED) is 0.456.